The molecule has 86 heavy (non-hydrogen) atoms. The molecule has 5 aromatic heterocycles. The molecule has 0 N–H and O–H groups in total. The van der Waals surface area contributed by atoms with Gasteiger partial charge in [-0.25, -0.2) is 39.9 Å². The number of pyridine rings is 2. The molecule has 5 heterocycles. The van der Waals surface area contributed by atoms with Crippen molar-refractivity contribution in [3.63, 3.8) is 0 Å². The van der Waals surface area contributed by atoms with E-state index in [2.05, 4.69) is 149 Å². The Hall–Kier alpha value is -10.8. The first-order valence-electron chi connectivity index (χ1n) is 29.5. The van der Waals surface area contributed by atoms with Gasteiger partial charge in [-0.15, -0.1) is 0 Å². The molecule has 0 atom stereocenters. The molecule has 0 radical (unpaired) electrons. The predicted molar refractivity (Wildman–Crippen MR) is 362 cm³/mol. The first kappa shape index (κ1) is 62.8. The van der Waals surface area contributed by atoms with E-state index in [4.69, 9.17) is 4.98 Å². The summed E-state index contributed by atoms with van der Waals surface area (Å²) in [6.07, 6.45) is 8.60. The van der Waals surface area contributed by atoms with Crippen LogP contribution in [0.5, 0.6) is 0 Å². The van der Waals surface area contributed by atoms with Gasteiger partial charge in [-0.05, 0) is 46.8 Å². The van der Waals surface area contributed by atoms with E-state index in [0.29, 0.717) is 11.6 Å². The first-order valence-corrected chi connectivity index (χ1v) is 29.5. The Kier molecular flexibility index (Phi) is 25.3. The van der Waals surface area contributed by atoms with Crippen molar-refractivity contribution in [2.24, 2.45) is 0 Å². The number of hydrogen-bond donors (Lipinski definition) is 0. The van der Waals surface area contributed by atoms with Crippen molar-refractivity contribution in [2.75, 3.05) is 0 Å². The van der Waals surface area contributed by atoms with Crippen molar-refractivity contribution < 1.29 is 0 Å². The average Bonchev–Trinajstić information content (AvgIpc) is 3.57. The van der Waals surface area contributed by atoms with E-state index in [0.717, 1.165) is 78.4 Å². The minimum atomic E-state index is 0.668. The van der Waals surface area contributed by atoms with Crippen LogP contribution in [-0.4, -0.2) is 44.9 Å². The Morgan fingerprint density at radius 3 is 1.20 bits per heavy atom. The van der Waals surface area contributed by atoms with Gasteiger partial charge in [0.25, 0.3) is 0 Å². The maximum Gasteiger partial charge on any atom is 0.163 e. The summed E-state index contributed by atoms with van der Waals surface area (Å²) in [4.78, 5) is 39.7. The monoisotopic (exact) mass is 1120 g/mol. The lowest BCUT2D eigenvalue weighted by atomic mass is 10.0. The van der Waals surface area contributed by atoms with Gasteiger partial charge in [-0.1, -0.05) is 292 Å². The molecule has 426 valence electrons. The smallest absolute Gasteiger partial charge is 0.163 e. The molecule has 14 aromatic rings. The van der Waals surface area contributed by atoms with Gasteiger partial charge < -0.3 is 0 Å². The van der Waals surface area contributed by atoms with Crippen LogP contribution < -0.4 is 0 Å². The zero-order chi connectivity index (χ0) is 60.6. The molecule has 0 saturated heterocycles. The summed E-state index contributed by atoms with van der Waals surface area (Å²) >= 11 is 0. The van der Waals surface area contributed by atoms with Crippen LogP contribution in [0.4, 0.5) is 0 Å². The molecular weight excluding hydrogens is 1050 g/mol. The topological polar surface area (TPSA) is 116 Å². The molecule has 0 bridgehead atoms. The summed E-state index contributed by atoms with van der Waals surface area (Å²) < 4.78 is 0. The number of fused-ring (bicyclic) bond motifs is 4. The largest absolute Gasteiger partial charge is 0.264 e. The van der Waals surface area contributed by atoms with Crippen LogP contribution in [0.15, 0.2) is 298 Å². The van der Waals surface area contributed by atoms with Gasteiger partial charge >= 0.3 is 0 Å². The van der Waals surface area contributed by atoms with E-state index < -0.39 is 0 Å². The highest BCUT2D eigenvalue weighted by molar-refractivity contribution is 6.08. The average molecular weight is 1120 g/mol. The van der Waals surface area contributed by atoms with Gasteiger partial charge in [0.15, 0.2) is 17.5 Å². The lowest BCUT2D eigenvalue weighted by molar-refractivity contribution is 1.07. The van der Waals surface area contributed by atoms with Gasteiger partial charge in [-0.3, -0.25) is 4.98 Å². The molecule has 0 aliphatic heterocycles. The van der Waals surface area contributed by atoms with Gasteiger partial charge in [0.1, 0.15) is 12.7 Å². The summed E-state index contributed by atoms with van der Waals surface area (Å²) in [6.45, 7) is 16.0. The third-order valence-corrected chi connectivity index (χ3v) is 12.7. The third-order valence-electron chi connectivity index (χ3n) is 12.7. The SMILES string of the molecule is CC.CC.CC.CC.c1ccc(-c2cc(-c3ccccc3)ncn2)cc1.c1ccc(-c2ccnc(-c3ccccc3)n2)cc1.c1ccc(-c2ncnc(-c3ccc(-c4cccnc4)cc3)n2)cc1.c1ccc2nc3c(ccc4ccccc43)cc2c1. The minimum Gasteiger partial charge on any atom is -0.264 e. The van der Waals surface area contributed by atoms with E-state index >= 15 is 0 Å². The van der Waals surface area contributed by atoms with Crippen molar-refractivity contribution in [3.05, 3.63) is 298 Å². The number of nitrogens with zero attached hydrogens (tertiary/aromatic N) is 9. The van der Waals surface area contributed by atoms with E-state index in [1.165, 1.54) is 21.5 Å². The van der Waals surface area contributed by atoms with Crippen molar-refractivity contribution >= 4 is 32.6 Å². The lowest BCUT2D eigenvalue weighted by Crippen LogP contribution is -1.95. The molecule has 9 aromatic carbocycles. The number of rotatable bonds is 7. The summed E-state index contributed by atoms with van der Waals surface area (Å²) in [5.41, 5.74) is 13.5. The summed E-state index contributed by atoms with van der Waals surface area (Å²) in [5.74, 6) is 2.11. The number of aromatic nitrogens is 9. The third kappa shape index (κ3) is 17.4. The standard InChI is InChI=1S/C20H14N4.C17H11N.2C16H12N2.4C2H6/c1-2-5-16(6-3-1)19-22-14-23-20(24-19)17-10-8-15(9-11-17)18-7-4-12-21-13-18;1-3-7-15-12(5-1)9-10-14-11-13-6-2-4-8-16(13)18-17(14)15;1-3-7-13(8-4-1)15-11-16(18-12-17-15)14-9-5-2-6-10-14;1-3-7-13(8-4-1)15-11-12-17-16(18-15)14-9-5-2-6-10-14;4*1-2/h1-14H;1-11H;2*1-12H;4*1-2H3. The normalized spacial score (nSPS) is 9.86. The van der Waals surface area contributed by atoms with Crippen molar-refractivity contribution in [1.82, 2.24) is 44.9 Å². The second-order valence-electron chi connectivity index (χ2n) is 17.9. The molecule has 9 heteroatoms. The Balaban J connectivity index is 0.000000159. The Morgan fingerprint density at radius 2 is 0.663 bits per heavy atom. The van der Waals surface area contributed by atoms with Gasteiger partial charge in [-0.2, -0.15) is 0 Å². The highest BCUT2D eigenvalue weighted by atomic mass is 15.0. The van der Waals surface area contributed by atoms with Crippen molar-refractivity contribution in [1.29, 1.82) is 0 Å². The summed E-state index contributed by atoms with van der Waals surface area (Å²) in [5, 5.41) is 4.86. The fourth-order valence-electron chi connectivity index (χ4n) is 8.77. The molecule has 0 saturated carbocycles. The van der Waals surface area contributed by atoms with Gasteiger partial charge in [0, 0.05) is 68.1 Å². The van der Waals surface area contributed by atoms with Crippen LogP contribution in [0.3, 0.4) is 0 Å². The Labute approximate surface area is 507 Å². The minimum absolute atomic E-state index is 0.668. The van der Waals surface area contributed by atoms with Crippen LogP contribution in [0.25, 0.3) is 112 Å². The van der Waals surface area contributed by atoms with Crippen LogP contribution in [0.1, 0.15) is 55.4 Å². The quantitative estimate of drug-likeness (QED) is 0.114. The molecule has 0 aliphatic rings. The van der Waals surface area contributed by atoms with E-state index in [1.54, 1.807) is 25.0 Å². The summed E-state index contributed by atoms with van der Waals surface area (Å²) in [6, 6.07) is 89.6. The fraction of sp³-hybridized carbons (Fsp3) is 0.104. The van der Waals surface area contributed by atoms with Gasteiger partial charge in [0.05, 0.1) is 28.1 Å². The Morgan fingerprint density at radius 1 is 0.244 bits per heavy atom. The second-order valence-corrected chi connectivity index (χ2v) is 17.9. The van der Waals surface area contributed by atoms with E-state index in [9.17, 15) is 0 Å². The van der Waals surface area contributed by atoms with E-state index in [-0.39, 0.29) is 0 Å². The second kappa shape index (κ2) is 34.6. The van der Waals surface area contributed by atoms with E-state index in [1.807, 2.05) is 219 Å². The van der Waals surface area contributed by atoms with Crippen LogP contribution in [0, 0.1) is 0 Å². The van der Waals surface area contributed by atoms with Crippen LogP contribution in [-0.2, 0) is 0 Å². The number of benzene rings is 9. The van der Waals surface area contributed by atoms with Crippen LogP contribution in [0.2, 0.25) is 0 Å². The molecular formula is C77H73N9. The van der Waals surface area contributed by atoms with Gasteiger partial charge in [0.2, 0.25) is 0 Å². The van der Waals surface area contributed by atoms with Crippen molar-refractivity contribution in [2.45, 2.75) is 55.4 Å². The fourth-order valence-corrected chi connectivity index (χ4v) is 8.77. The Bertz CT molecular complexity index is 3940. The van der Waals surface area contributed by atoms with Crippen molar-refractivity contribution in [3.8, 4) is 79.1 Å². The maximum absolute atomic E-state index is 4.81. The highest BCUT2D eigenvalue weighted by Crippen LogP contribution is 2.28. The predicted octanol–water partition coefficient (Wildman–Crippen LogP) is 20.5. The number of para-hydroxylation sites is 1. The first-order chi connectivity index (χ1) is 42.7. The molecule has 0 spiro atoms. The lowest BCUT2D eigenvalue weighted by Gasteiger charge is -2.05. The molecule has 14 rings (SSSR count). The molecule has 0 amide bonds. The zero-order valence-corrected chi connectivity index (χ0v) is 50.3. The highest BCUT2D eigenvalue weighted by Gasteiger charge is 2.09. The van der Waals surface area contributed by atoms with Crippen LogP contribution >= 0.6 is 0 Å². The molecule has 0 fully saturated rings. The molecule has 0 aliphatic carbocycles. The zero-order valence-electron chi connectivity index (χ0n) is 50.3. The molecule has 0 unspecified atom stereocenters. The molecule has 9 nitrogen and oxygen atoms in total. The summed E-state index contributed by atoms with van der Waals surface area (Å²) in [7, 11) is 0. The number of hydrogen-bond acceptors (Lipinski definition) is 9. The maximum atomic E-state index is 4.81.